The third-order valence-corrected chi connectivity index (χ3v) is 7.83. The van der Waals surface area contributed by atoms with E-state index in [9.17, 15) is 0 Å². The van der Waals surface area contributed by atoms with Crippen molar-refractivity contribution in [1.29, 1.82) is 0 Å². The van der Waals surface area contributed by atoms with Crippen molar-refractivity contribution >= 4 is 0 Å². The van der Waals surface area contributed by atoms with Crippen molar-refractivity contribution in [3.8, 4) is 0 Å². The van der Waals surface area contributed by atoms with Gasteiger partial charge in [0.15, 0.2) is 0 Å². The maximum absolute atomic E-state index is 2.27. The predicted octanol–water partition coefficient (Wildman–Crippen LogP) is 16.6. The number of unbranched alkanes of at least 4 members (excludes halogenated alkanes) is 28. The summed E-state index contributed by atoms with van der Waals surface area (Å²) in [7, 11) is 0. The molecule has 0 aromatic heterocycles. The van der Waals surface area contributed by atoms with Crippen LogP contribution in [0.1, 0.15) is 261 Å². The Morgan fingerprint density at radius 3 is 0.293 bits per heavy atom. The molecule has 0 bridgehead atoms. The van der Waals surface area contributed by atoms with Crippen molar-refractivity contribution in [2.24, 2.45) is 0 Å². The maximum atomic E-state index is 2.27. The van der Waals surface area contributed by atoms with Crippen LogP contribution in [0.3, 0.4) is 0 Å². The van der Waals surface area contributed by atoms with Crippen molar-refractivity contribution in [1.82, 2.24) is 0 Å². The fourth-order valence-electron chi connectivity index (χ4n) is 4.83. The summed E-state index contributed by atoms with van der Waals surface area (Å²) in [6, 6.07) is 0. The molecule has 0 amide bonds. The summed E-state index contributed by atoms with van der Waals surface area (Å²) in [5.74, 6) is 0. The number of hydrogen-bond acceptors (Lipinski definition) is 0. The van der Waals surface area contributed by atoms with E-state index in [2.05, 4.69) is 55.4 Å². The molecule has 0 aromatic carbocycles. The Balaban J connectivity index is -0.000000139. The van der Waals surface area contributed by atoms with Gasteiger partial charge in [-0.2, -0.15) is 0 Å². The van der Waals surface area contributed by atoms with Gasteiger partial charge < -0.3 is 0 Å². The average molecular weight is 624 g/mol. The van der Waals surface area contributed by atoms with Crippen molar-refractivity contribution in [2.45, 2.75) is 261 Å². The molecule has 0 saturated heterocycles. The second-order valence-corrected chi connectivity index (χ2v) is 12.5. The topological polar surface area (TPSA) is 0 Å². The molecular weight excluding hydrogens is 535 g/mol. The molecule has 0 nitrogen and oxygen atoms in total. The molecule has 255 valence electrons. The first-order valence-electron chi connectivity index (χ1n) is 19.7. The molecule has 0 aromatic rings. The van der Waals surface area contributed by atoms with Crippen LogP contribution in [0.5, 0.6) is 0 Å². The molecule has 0 spiro atoms. The Hall–Kier alpha value is 0.519. The molecule has 0 aliphatic heterocycles. The molecule has 0 N–H and O–H groups in total. The van der Waals surface area contributed by atoms with Crippen molar-refractivity contribution in [3.05, 3.63) is 0 Å². The molecular formula is C40H88Mn. The minimum Gasteiger partial charge on any atom is -0.0654 e. The van der Waals surface area contributed by atoms with E-state index in [1.807, 2.05) is 0 Å². The van der Waals surface area contributed by atoms with Gasteiger partial charge in [-0.1, -0.05) is 261 Å². The van der Waals surface area contributed by atoms with E-state index in [0.717, 1.165) is 0 Å². The predicted molar refractivity (Wildman–Crippen MR) is 193 cm³/mol. The Kier molecular flexibility index (Phi) is 74.6. The molecule has 41 heavy (non-hydrogen) atoms. The second kappa shape index (κ2) is 59.8. The van der Waals surface area contributed by atoms with Crippen LogP contribution in [0.2, 0.25) is 0 Å². The molecule has 0 unspecified atom stereocenters. The molecule has 0 aliphatic rings. The molecule has 0 heterocycles. The summed E-state index contributed by atoms with van der Waals surface area (Å²) >= 11 is 0. The SMILES string of the molecule is CCCCCCCCCC.CCCCCCCCCC.CCCCCCCCCC.CCCCCCCCCC.[Mn]. The van der Waals surface area contributed by atoms with E-state index in [-0.39, 0.29) is 17.1 Å². The number of hydrogen-bond donors (Lipinski definition) is 0. The van der Waals surface area contributed by atoms with Gasteiger partial charge in [0.2, 0.25) is 0 Å². The molecule has 0 rings (SSSR count). The van der Waals surface area contributed by atoms with Crippen LogP contribution in [-0.4, -0.2) is 0 Å². The van der Waals surface area contributed by atoms with Gasteiger partial charge in [0.25, 0.3) is 0 Å². The van der Waals surface area contributed by atoms with Crippen LogP contribution >= 0.6 is 0 Å². The zero-order valence-corrected chi connectivity index (χ0v) is 32.2. The number of rotatable bonds is 28. The van der Waals surface area contributed by atoms with Crippen LogP contribution in [0.15, 0.2) is 0 Å². The van der Waals surface area contributed by atoms with Crippen LogP contribution in [0.25, 0.3) is 0 Å². The summed E-state index contributed by atoms with van der Waals surface area (Å²) < 4.78 is 0. The van der Waals surface area contributed by atoms with Gasteiger partial charge in [0.05, 0.1) is 0 Å². The first-order chi connectivity index (χ1) is 19.7. The minimum absolute atomic E-state index is 0. The summed E-state index contributed by atoms with van der Waals surface area (Å²) in [6.07, 6.45) is 45.8. The van der Waals surface area contributed by atoms with E-state index in [1.165, 1.54) is 205 Å². The van der Waals surface area contributed by atoms with Crippen molar-refractivity contribution in [3.63, 3.8) is 0 Å². The Morgan fingerprint density at radius 1 is 0.146 bits per heavy atom. The summed E-state index contributed by atoms with van der Waals surface area (Å²) in [5.41, 5.74) is 0. The summed E-state index contributed by atoms with van der Waals surface area (Å²) in [6.45, 7) is 18.2. The van der Waals surface area contributed by atoms with E-state index >= 15 is 0 Å². The third kappa shape index (κ3) is 73.9. The Morgan fingerprint density at radius 2 is 0.220 bits per heavy atom. The standard InChI is InChI=1S/4C10H22.Mn/c4*1-3-5-7-9-10-8-6-4-2;/h4*3-10H2,1-2H3;. The van der Waals surface area contributed by atoms with E-state index in [0.29, 0.717) is 0 Å². The fourth-order valence-corrected chi connectivity index (χ4v) is 4.83. The summed E-state index contributed by atoms with van der Waals surface area (Å²) in [5, 5.41) is 0. The van der Waals surface area contributed by atoms with E-state index < -0.39 is 0 Å². The molecule has 0 atom stereocenters. The molecule has 1 heteroatoms. The second-order valence-electron chi connectivity index (χ2n) is 12.5. The smallest absolute Gasteiger partial charge is 0 e. The van der Waals surface area contributed by atoms with E-state index in [1.54, 1.807) is 0 Å². The molecule has 0 saturated carbocycles. The summed E-state index contributed by atoms with van der Waals surface area (Å²) in [4.78, 5) is 0. The van der Waals surface area contributed by atoms with E-state index in [4.69, 9.17) is 0 Å². The Bertz CT molecular complexity index is 231. The van der Waals surface area contributed by atoms with Crippen molar-refractivity contribution < 1.29 is 17.1 Å². The van der Waals surface area contributed by atoms with Gasteiger partial charge in [0, 0.05) is 17.1 Å². The van der Waals surface area contributed by atoms with Crippen LogP contribution < -0.4 is 0 Å². The fraction of sp³-hybridized carbons (Fsp3) is 1.00. The van der Waals surface area contributed by atoms with Crippen LogP contribution in [0.4, 0.5) is 0 Å². The van der Waals surface area contributed by atoms with Gasteiger partial charge in [-0.15, -0.1) is 0 Å². The maximum Gasteiger partial charge on any atom is 0 e. The van der Waals surface area contributed by atoms with Crippen LogP contribution in [0, 0.1) is 0 Å². The normalized spacial score (nSPS) is 9.95. The monoisotopic (exact) mass is 624 g/mol. The van der Waals surface area contributed by atoms with Gasteiger partial charge in [0.1, 0.15) is 0 Å². The first kappa shape index (κ1) is 51.1. The zero-order chi connectivity index (χ0) is 30.6. The Labute approximate surface area is 277 Å². The first-order valence-corrected chi connectivity index (χ1v) is 19.7. The average Bonchev–Trinajstić information content (AvgIpc) is 2.97. The van der Waals surface area contributed by atoms with Gasteiger partial charge in [-0.05, 0) is 0 Å². The minimum atomic E-state index is 0. The quantitative estimate of drug-likeness (QED) is 0.0601. The van der Waals surface area contributed by atoms with Crippen LogP contribution in [-0.2, 0) is 17.1 Å². The third-order valence-electron chi connectivity index (χ3n) is 7.83. The zero-order valence-electron chi connectivity index (χ0n) is 31.0. The van der Waals surface area contributed by atoms with Gasteiger partial charge in [-0.25, -0.2) is 0 Å². The van der Waals surface area contributed by atoms with Gasteiger partial charge in [-0.3, -0.25) is 0 Å². The largest absolute Gasteiger partial charge is 0.0654 e. The van der Waals surface area contributed by atoms with Gasteiger partial charge >= 0.3 is 0 Å². The molecule has 1 radical (unpaired) electrons. The molecule has 0 aliphatic carbocycles. The molecule has 0 fully saturated rings. The van der Waals surface area contributed by atoms with Crippen molar-refractivity contribution in [2.75, 3.05) is 0 Å².